The SMILES string of the molecule is CCCCCCCCCCc1cnc(-c2ccc(CCCC)cc2S)nc1. The molecule has 0 atom stereocenters. The lowest BCUT2D eigenvalue weighted by molar-refractivity contribution is 0.575. The van der Waals surface area contributed by atoms with Crippen molar-refractivity contribution >= 4 is 12.6 Å². The van der Waals surface area contributed by atoms with E-state index in [1.54, 1.807) is 0 Å². The van der Waals surface area contributed by atoms with Crippen LogP contribution in [0.4, 0.5) is 0 Å². The number of benzene rings is 1. The Morgan fingerprint density at radius 3 is 1.93 bits per heavy atom. The highest BCUT2D eigenvalue weighted by Crippen LogP contribution is 2.25. The van der Waals surface area contributed by atoms with Gasteiger partial charge in [0.15, 0.2) is 5.82 Å². The topological polar surface area (TPSA) is 25.8 Å². The highest BCUT2D eigenvalue weighted by atomic mass is 32.1. The molecular formula is C24H36N2S. The normalized spacial score (nSPS) is 11.1. The third-order valence-electron chi connectivity index (χ3n) is 5.15. The Balaban J connectivity index is 1.78. The van der Waals surface area contributed by atoms with Crippen LogP contribution in [0.3, 0.4) is 0 Å². The third kappa shape index (κ3) is 8.04. The minimum absolute atomic E-state index is 0.779. The molecule has 0 saturated carbocycles. The summed E-state index contributed by atoms with van der Waals surface area (Å²) in [6.07, 6.45) is 19.4. The van der Waals surface area contributed by atoms with E-state index in [9.17, 15) is 0 Å². The molecule has 0 unspecified atom stereocenters. The summed E-state index contributed by atoms with van der Waals surface area (Å²) in [5.74, 6) is 0.779. The van der Waals surface area contributed by atoms with Gasteiger partial charge in [0.25, 0.3) is 0 Å². The fourth-order valence-electron chi connectivity index (χ4n) is 3.39. The molecule has 0 N–H and O–H groups in total. The van der Waals surface area contributed by atoms with Gasteiger partial charge in [0.05, 0.1) is 0 Å². The van der Waals surface area contributed by atoms with Gasteiger partial charge in [0.2, 0.25) is 0 Å². The molecule has 0 aliphatic heterocycles. The maximum absolute atomic E-state index is 4.66. The second-order valence-electron chi connectivity index (χ2n) is 7.59. The molecule has 2 nitrogen and oxygen atoms in total. The summed E-state index contributed by atoms with van der Waals surface area (Å²) in [6.45, 7) is 4.49. The van der Waals surface area contributed by atoms with Gasteiger partial charge in [-0.05, 0) is 48.9 Å². The standard InChI is InChI=1S/C24H36N2S/c1-3-5-7-8-9-10-11-12-14-21-18-25-24(26-19-21)22-16-15-20(13-6-4-2)17-23(22)27/h15-19,27H,3-14H2,1-2H3. The number of thiol groups is 1. The maximum Gasteiger partial charge on any atom is 0.160 e. The lowest BCUT2D eigenvalue weighted by Crippen LogP contribution is -1.95. The van der Waals surface area contributed by atoms with Crippen LogP contribution in [0.2, 0.25) is 0 Å². The number of hydrogen-bond donors (Lipinski definition) is 1. The monoisotopic (exact) mass is 384 g/mol. The van der Waals surface area contributed by atoms with Gasteiger partial charge in [-0.15, -0.1) is 12.6 Å². The summed E-state index contributed by atoms with van der Waals surface area (Å²) in [5, 5.41) is 0. The van der Waals surface area contributed by atoms with E-state index < -0.39 is 0 Å². The van der Waals surface area contributed by atoms with E-state index in [-0.39, 0.29) is 0 Å². The van der Waals surface area contributed by atoms with Gasteiger partial charge >= 0.3 is 0 Å². The van der Waals surface area contributed by atoms with Crippen molar-refractivity contribution in [2.75, 3.05) is 0 Å². The molecule has 1 aromatic carbocycles. The lowest BCUT2D eigenvalue weighted by atomic mass is 10.0. The zero-order chi connectivity index (χ0) is 19.3. The van der Waals surface area contributed by atoms with E-state index in [4.69, 9.17) is 0 Å². The molecular weight excluding hydrogens is 348 g/mol. The van der Waals surface area contributed by atoms with E-state index >= 15 is 0 Å². The highest BCUT2D eigenvalue weighted by molar-refractivity contribution is 7.80. The summed E-state index contributed by atoms with van der Waals surface area (Å²) < 4.78 is 0. The predicted octanol–water partition coefficient (Wildman–Crippen LogP) is 7.46. The van der Waals surface area contributed by atoms with Crippen molar-refractivity contribution in [3.05, 3.63) is 41.7 Å². The molecule has 0 radical (unpaired) electrons. The summed E-state index contributed by atoms with van der Waals surface area (Å²) in [7, 11) is 0. The van der Waals surface area contributed by atoms with Crippen LogP contribution in [-0.4, -0.2) is 9.97 Å². The van der Waals surface area contributed by atoms with Crippen molar-refractivity contribution in [2.45, 2.75) is 95.8 Å². The Kier molecular flexibility index (Phi) is 10.5. The van der Waals surface area contributed by atoms with Crippen LogP contribution in [-0.2, 0) is 12.8 Å². The Morgan fingerprint density at radius 2 is 1.30 bits per heavy atom. The Bertz CT molecular complexity index is 652. The van der Waals surface area contributed by atoms with Crippen LogP contribution in [0.5, 0.6) is 0 Å². The Labute approximate surface area is 171 Å². The molecule has 0 aliphatic rings. The van der Waals surface area contributed by atoms with Crippen LogP contribution >= 0.6 is 12.6 Å². The van der Waals surface area contributed by atoms with Crippen molar-refractivity contribution < 1.29 is 0 Å². The van der Waals surface area contributed by atoms with Crippen LogP contribution in [0.25, 0.3) is 11.4 Å². The minimum Gasteiger partial charge on any atom is -0.236 e. The van der Waals surface area contributed by atoms with Gasteiger partial charge in [-0.25, -0.2) is 9.97 Å². The lowest BCUT2D eigenvalue weighted by Gasteiger charge is -2.08. The zero-order valence-electron chi connectivity index (χ0n) is 17.2. The van der Waals surface area contributed by atoms with Crippen LogP contribution in [0.1, 0.15) is 89.2 Å². The molecule has 0 saturated heterocycles. The van der Waals surface area contributed by atoms with Crippen molar-refractivity contribution in [3.63, 3.8) is 0 Å². The first-order valence-electron chi connectivity index (χ1n) is 10.9. The quantitative estimate of drug-likeness (QED) is 0.286. The number of hydrogen-bond acceptors (Lipinski definition) is 3. The molecule has 0 fully saturated rings. The van der Waals surface area contributed by atoms with E-state index in [0.29, 0.717) is 0 Å². The first kappa shape index (κ1) is 21.9. The molecule has 0 aliphatic carbocycles. The predicted molar refractivity (Wildman–Crippen MR) is 120 cm³/mol. The average Bonchev–Trinajstić information content (AvgIpc) is 2.69. The van der Waals surface area contributed by atoms with Gasteiger partial charge < -0.3 is 0 Å². The summed E-state index contributed by atoms with van der Waals surface area (Å²) in [5.41, 5.74) is 3.61. The van der Waals surface area contributed by atoms with E-state index in [1.165, 1.54) is 75.3 Å². The number of rotatable bonds is 13. The van der Waals surface area contributed by atoms with E-state index in [1.807, 2.05) is 12.4 Å². The van der Waals surface area contributed by atoms with Crippen LogP contribution in [0.15, 0.2) is 35.5 Å². The minimum atomic E-state index is 0.779. The smallest absolute Gasteiger partial charge is 0.160 e. The highest BCUT2D eigenvalue weighted by Gasteiger charge is 2.07. The number of aromatic nitrogens is 2. The van der Waals surface area contributed by atoms with E-state index in [2.05, 4.69) is 54.6 Å². The first-order chi connectivity index (χ1) is 13.2. The van der Waals surface area contributed by atoms with Crippen molar-refractivity contribution in [1.82, 2.24) is 9.97 Å². The number of aryl methyl sites for hydroxylation is 2. The van der Waals surface area contributed by atoms with Gasteiger partial charge in [-0.2, -0.15) is 0 Å². The van der Waals surface area contributed by atoms with Gasteiger partial charge in [-0.3, -0.25) is 0 Å². The number of nitrogens with zero attached hydrogens (tertiary/aromatic N) is 2. The second kappa shape index (κ2) is 12.9. The Hall–Kier alpha value is -1.35. The second-order valence-corrected chi connectivity index (χ2v) is 8.08. The first-order valence-corrected chi connectivity index (χ1v) is 11.3. The molecule has 1 heterocycles. The molecule has 2 rings (SSSR count). The van der Waals surface area contributed by atoms with Crippen LogP contribution in [0, 0.1) is 0 Å². The van der Waals surface area contributed by atoms with Gasteiger partial charge in [0.1, 0.15) is 0 Å². The molecule has 0 spiro atoms. The van der Waals surface area contributed by atoms with Gasteiger partial charge in [-0.1, -0.05) is 71.3 Å². The summed E-state index contributed by atoms with van der Waals surface area (Å²) in [6, 6.07) is 6.45. The molecule has 2 aromatic rings. The average molecular weight is 385 g/mol. The van der Waals surface area contributed by atoms with E-state index in [0.717, 1.165) is 29.1 Å². The molecule has 148 valence electrons. The molecule has 27 heavy (non-hydrogen) atoms. The van der Waals surface area contributed by atoms with Crippen molar-refractivity contribution in [1.29, 1.82) is 0 Å². The molecule has 0 amide bonds. The molecule has 0 bridgehead atoms. The number of unbranched alkanes of at least 4 members (excludes halogenated alkanes) is 8. The fourth-order valence-corrected chi connectivity index (χ4v) is 3.73. The maximum atomic E-state index is 4.66. The van der Waals surface area contributed by atoms with Crippen molar-refractivity contribution in [3.8, 4) is 11.4 Å². The third-order valence-corrected chi connectivity index (χ3v) is 5.52. The fraction of sp³-hybridized carbons (Fsp3) is 0.583. The van der Waals surface area contributed by atoms with Crippen molar-refractivity contribution in [2.24, 2.45) is 0 Å². The largest absolute Gasteiger partial charge is 0.236 e. The zero-order valence-corrected chi connectivity index (χ0v) is 18.1. The Morgan fingerprint density at radius 1 is 0.704 bits per heavy atom. The molecule has 3 heteroatoms. The molecule has 1 aromatic heterocycles. The summed E-state index contributed by atoms with van der Waals surface area (Å²) in [4.78, 5) is 10.2. The van der Waals surface area contributed by atoms with Crippen LogP contribution < -0.4 is 0 Å². The van der Waals surface area contributed by atoms with Gasteiger partial charge in [0, 0.05) is 22.9 Å². The summed E-state index contributed by atoms with van der Waals surface area (Å²) >= 11 is 4.66.